The van der Waals surface area contributed by atoms with Crippen LogP contribution in [-0.4, -0.2) is 109 Å². The normalized spacial score (nSPS) is 24.4. The third-order valence-electron chi connectivity index (χ3n) is 8.21. The van der Waals surface area contributed by atoms with Gasteiger partial charge in [-0.3, -0.25) is 9.59 Å². The van der Waals surface area contributed by atoms with E-state index in [0.717, 1.165) is 19.6 Å². The molecule has 2 amide bonds. The van der Waals surface area contributed by atoms with Crippen LogP contribution < -0.4 is 10.6 Å². The van der Waals surface area contributed by atoms with Crippen molar-refractivity contribution in [2.75, 3.05) is 58.9 Å². The molecule has 1 unspecified atom stereocenters. The minimum absolute atomic E-state index is 0.0131. The van der Waals surface area contributed by atoms with Crippen molar-refractivity contribution in [1.82, 2.24) is 34.3 Å². The summed E-state index contributed by atoms with van der Waals surface area (Å²) in [5.74, 6) is -0.487. The van der Waals surface area contributed by atoms with Crippen molar-refractivity contribution in [3.05, 3.63) is 12.5 Å². The Balaban J connectivity index is 1.24. The minimum Gasteiger partial charge on any atom is -0.356 e. The van der Waals surface area contributed by atoms with E-state index in [1.807, 2.05) is 0 Å². The van der Waals surface area contributed by atoms with Gasteiger partial charge in [0.25, 0.3) is 10.0 Å². The zero-order valence-electron chi connectivity index (χ0n) is 22.8. The Morgan fingerprint density at radius 1 is 1.03 bits per heavy atom. The lowest BCUT2D eigenvalue weighted by Crippen LogP contribution is -2.48. The van der Waals surface area contributed by atoms with Gasteiger partial charge < -0.3 is 25.0 Å². The van der Waals surface area contributed by atoms with E-state index in [0.29, 0.717) is 38.4 Å². The number of sulfonamides is 1. The summed E-state index contributed by atoms with van der Waals surface area (Å²) in [6.45, 7) is 6.85. The summed E-state index contributed by atoms with van der Waals surface area (Å²) in [6, 6.07) is 0.712. The number of aryl methyl sites for hydroxylation is 1. The van der Waals surface area contributed by atoms with Crippen molar-refractivity contribution >= 4 is 21.8 Å². The fraction of sp³-hybridized carbons (Fsp3) is 0.808. The molecule has 3 aliphatic heterocycles. The minimum atomic E-state index is -3.81. The lowest BCUT2D eigenvalue weighted by atomic mass is 9.98. The zero-order valence-corrected chi connectivity index (χ0v) is 23.6. The van der Waals surface area contributed by atoms with Gasteiger partial charge in [0.15, 0.2) is 5.03 Å². The fourth-order valence-corrected chi connectivity index (χ4v) is 7.35. The highest BCUT2D eigenvalue weighted by Crippen LogP contribution is 2.21. The first-order valence-corrected chi connectivity index (χ1v) is 15.8. The van der Waals surface area contributed by atoms with Crippen LogP contribution in [0.15, 0.2) is 17.6 Å². The SMILES string of the molecule is Cn1cnc(S(=O)(=O)N2CCCC(C(=O)NCCN3CCC(N4CCCCC4)CC3)CCNC(=O)CC2)c1. The first kappa shape index (κ1) is 29.0. The molecule has 4 heterocycles. The molecule has 3 fully saturated rings. The lowest BCUT2D eigenvalue weighted by Gasteiger charge is -2.40. The molecule has 214 valence electrons. The number of aromatic nitrogens is 2. The van der Waals surface area contributed by atoms with Gasteiger partial charge in [-0.15, -0.1) is 0 Å². The molecule has 0 aromatic carbocycles. The molecule has 1 aromatic heterocycles. The van der Waals surface area contributed by atoms with Crippen LogP contribution in [0.4, 0.5) is 0 Å². The number of hydrogen-bond donors (Lipinski definition) is 2. The van der Waals surface area contributed by atoms with Crippen LogP contribution in [0, 0.1) is 5.92 Å². The number of piperidine rings is 2. The molecule has 0 aliphatic carbocycles. The summed E-state index contributed by atoms with van der Waals surface area (Å²) in [7, 11) is -2.09. The second kappa shape index (κ2) is 13.9. The van der Waals surface area contributed by atoms with Crippen molar-refractivity contribution in [2.24, 2.45) is 13.0 Å². The second-order valence-electron chi connectivity index (χ2n) is 11.0. The van der Waals surface area contributed by atoms with Crippen molar-refractivity contribution in [3.63, 3.8) is 0 Å². The van der Waals surface area contributed by atoms with E-state index in [9.17, 15) is 18.0 Å². The van der Waals surface area contributed by atoms with Crippen LogP contribution in [0.2, 0.25) is 0 Å². The summed E-state index contributed by atoms with van der Waals surface area (Å²) in [4.78, 5) is 34.5. The zero-order chi connectivity index (χ0) is 27.0. The predicted molar refractivity (Wildman–Crippen MR) is 145 cm³/mol. The van der Waals surface area contributed by atoms with E-state index in [2.05, 4.69) is 25.4 Å². The summed E-state index contributed by atoms with van der Waals surface area (Å²) < 4.78 is 29.1. The number of carbonyl (C=O) groups is 2. The Kier molecular flexibility index (Phi) is 10.6. The van der Waals surface area contributed by atoms with Gasteiger partial charge in [0.1, 0.15) is 0 Å². The second-order valence-corrected chi connectivity index (χ2v) is 12.9. The third kappa shape index (κ3) is 8.00. The van der Waals surface area contributed by atoms with E-state index in [1.54, 1.807) is 11.6 Å². The first-order valence-electron chi connectivity index (χ1n) is 14.3. The van der Waals surface area contributed by atoms with Crippen LogP contribution in [0.5, 0.6) is 0 Å². The van der Waals surface area contributed by atoms with Crippen LogP contribution in [-0.2, 0) is 26.7 Å². The molecule has 0 spiro atoms. The van der Waals surface area contributed by atoms with Crippen molar-refractivity contribution in [2.45, 2.75) is 68.9 Å². The molecule has 1 aromatic rings. The van der Waals surface area contributed by atoms with E-state index < -0.39 is 10.0 Å². The van der Waals surface area contributed by atoms with Crippen molar-refractivity contribution in [1.29, 1.82) is 0 Å². The topological polar surface area (TPSA) is 120 Å². The predicted octanol–water partition coefficient (Wildman–Crippen LogP) is 0.784. The van der Waals surface area contributed by atoms with Crippen LogP contribution in [0.3, 0.4) is 0 Å². The highest BCUT2D eigenvalue weighted by molar-refractivity contribution is 7.89. The van der Waals surface area contributed by atoms with E-state index >= 15 is 0 Å². The highest BCUT2D eigenvalue weighted by Gasteiger charge is 2.29. The Morgan fingerprint density at radius 2 is 1.79 bits per heavy atom. The number of hydrogen-bond acceptors (Lipinski definition) is 7. The van der Waals surface area contributed by atoms with E-state index in [-0.39, 0.29) is 42.3 Å². The summed E-state index contributed by atoms with van der Waals surface area (Å²) in [5, 5.41) is 5.93. The molecule has 0 radical (unpaired) electrons. The molecular weight excluding hydrogens is 506 g/mol. The van der Waals surface area contributed by atoms with E-state index in [4.69, 9.17) is 0 Å². The number of amides is 2. The third-order valence-corrected chi connectivity index (χ3v) is 10.00. The smallest absolute Gasteiger partial charge is 0.262 e. The number of nitrogens with one attached hydrogen (secondary N) is 2. The maximum atomic E-state index is 13.1. The molecular formula is C26H45N7O4S. The van der Waals surface area contributed by atoms with E-state index in [1.165, 1.54) is 62.0 Å². The van der Waals surface area contributed by atoms with Crippen molar-refractivity contribution in [3.8, 4) is 0 Å². The maximum Gasteiger partial charge on any atom is 0.262 e. The molecule has 11 nitrogen and oxygen atoms in total. The lowest BCUT2D eigenvalue weighted by molar-refractivity contribution is -0.126. The average molecular weight is 552 g/mol. The Hall–Kier alpha value is -2.02. The molecule has 12 heteroatoms. The first-order chi connectivity index (χ1) is 18.3. The van der Waals surface area contributed by atoms with Gasteiger partial charge in [-0.1, -0.05) is 6.42 Å². The quantitative estimate of drug-likeness (QED) is 0.514. The Labute approximate surface area is 227 Å². The monoisotopic (exact) mass is 551 g/mol. The maximum absolute atomic E-state index is 13.1. The number of nitrogens with zero attached hydrogens (tertiary/aromatic N) is 5. The molecule has 3 saturated heterocycles. The summed E-state index contributed by atoms with van der Waals surface area (Å²) in [5.41, 5.74) is 0. The molecule has 38 heavy (non-hydrogen) atoms. The van der Waals surface area contributed by atoms with Gasteiger partial charge in [-0.25, -0.2) is 13.4 Å². The Morgan fingerprint density at radius 3 is 2.50 bits per heavy atom. The van der Waals surface area contributed by atoms with Gasteiger partial charge in [0.05, 0.1) is 6.33 Å². The standard InChI is InChI=1S/C26H45N7O4S/c1-30-20-25(29-21-30)38(36,37)33-15-5-6-22(7-11-27-24(34)10-18-33)26(35)28-12-19-31-16-8-23(9-17-31)32-13-3-2-4-14-32/h20-23H,2-19H2,1H3,(H,27,34)(H,28,35). The molecule has 0 bridgehead atoms. The van der Waals surface area contributed by atoms with Crippen molar-refractivity contribution < 1.29 is 18.0 Å². The molecule has 1 atom stereocenters. The van der Waals surface area contributed by atoms with Crippen LogP contribution in [0.1, 0.15) is 57.8 Å². The molecule has 0 saturated carbocycles. The largest absolute Gasteiger partial charge is 0.356 e. The van der Waals surface area contributed by atoms with Gasteiger partial charge >= 0.3 is 0 Å². The number of rotatable bonds is 7. The van der Waals surface area contributed by atoms with Gasteiger partial charge in [0, 0.05) is 64.3 Å². The number of imidazole rings is 1. The van der Waals surface area contributed by atoms with Gasteiger partial charge in [0.2, 0.25) is 11.8 Å². The van der Waals surface area contributed by atoms with Crippen LogP contribution in [0.25, 0.3) is 0 Å². The number of carbonyl (C=O) groups excluding carboxylic acids is 2. The Bertz CT molecular complexity index is 1020. The fourth-order valence-electron chi connectivity index (χ4n) is 5.90. The molecule has 3 aliphatic rings. The average Bonchev–Trinajstić information content (AvgIpc) is 3.35. The number of likely N-dealkylation sites (tertiary alicyclic amines) is 2. The van der Waals surface area contributed by atoms with Gasteiger partial charge in [-0.2, -0.15) is 4.31 Å². The highest BCUT2D eigenvalue weighted by atomic mass is 32.2. The van der Waals surface area contributed by atoms with Crippen LogP contribution >= 0.6 is 0 Å². The van der Waals surface area contributed by atoms with Gasteiger partial charge in [-0.05, 0) is 71.1 Å². The molecule has 2 N–H and O–H groups in total. The summed E-state index contributed by atoms with van der Waals surface area (Å²) >= 11 is 0. The summed E-state index contributed by atoms with van der Waals surface area (Å²) in [6.07, 6.45) is 11.1. The molecule has 4 rings (SSSR count).